The predicted molar refractivity (Wildman–Crippen MR) is 114 cm³/mol. The SMILES string of the molecule is CCCCc1c(-c2ccc(OC)cc2)c(C(N)=O)c(C)n1Cc1ccccc1. The number of hydrogen-bond donors (Lipinski definition) is 1. The number of methoxy groups -OCH3 is 1. The van der Waals surface area contributed by atoms with Crippen molar-refractivity contribution in [3.05, 3.63) is 77.1 Å². The number of rotatable bonds is 8. The minimum atomic E-state index is -0.382. The van der Waals surface area contributed by atoms with Gasteiger partial charge in [-0.2, -0.15) is 0 Å². The third-order valence-corrected chi connectivity index (χ3v) is 5.21. The largest absolute Gasteiger partial charge is 0.497 e. The fourth-order valence-corrected chi connectivity index (χ4v) is 3.75. The van der Waals surface area contributed by atoms with Gasteiger partial charge in [0.2, 0.25) is 0 Å². The van der Waals surface area contributed by atoms with Crippen molar-refractivity contribution < 1.29 is 9.53 Å². The Morgan fingerprint density at radius 2 is 1.75 bits per heavy atom. The van der Waals surface area contributed by atoms with Crippen LogP contribution in [0.1, 0.15) is 47.1 Å². The van der Waals surface area contributed by atoms with Crippen LogP contribution in [0.15, 0.2) is 54.6 Å². The number of primary amides is 1. The van der Waals surface area contributed by atoms with Gasteiger partial charge in [-0.3, -0.25) is 4.79 Å². The molecule has 2 N–H and O–H groups in total. The summed E-state index contributed by atoms with van der Waals surface area (Å²) in [6.45, 7) is 4.90. The number of hydrogen-bond acceptors (Lipinski definition) is 2. The standard InChI is InChI=1S/C24H28N2O2/c1-4-5-11-21-23(19-12-14-20(28-3)15-13-19)22(24(25)27)17(2)26(21)16-18-9-7-6-8-10-18/h6-10,12-15H,4-5,11,16H2,1-3H3,(H2,25,27). The lowest BCUT2D eigenvalue weighted by Gasteiger charge is -2.13. The van der Waals surface area contributed by atoms with Gasteiger partial charge in [0.15, 0.2) is 0 Å². The van der Waals surface area contributed by atoms with Gasteiger partial charge in [0.1, 0.15) is 5.75 Å². The lowest BCUT2D eigenvalue weighted by atomic mass is 9.97. The molecule has 4 heteroatoms. The molecule has 1 heterocycles. The number of benzene rings is 2. The molecule has 0 saturated heterocycles. The molecule has 4 nitrogen and oxygen atoms in total. The molecule has 0 aliphatic carbocycles. The van der Waals surface area contributed by atoms with Crippen molar-refractivity contribution in [3.63, 3.8) is 0 Å². The number of amides is 1. The molecule has 0 atom stereocenters. The first-order valence-electron chi connectivity index (χ1n) is 9.76. The topological polar surface area (TPSA) is 57.2 Å². The molecule has 146 valence electrons. The first-order chi connectivity index (χ1) is 13.6. The van der Waals surface area contributed by atoms with E-state index in [-0.39, 0.29) is 5.91 Å². The number of carbonyl (C=O) groups excluding carboxylic acids is 1. The zero-order valence-electron chi connectivity index (χ0n) is 16.9. The molecule has 1 aromatic heterocycles. The van der Waals surface area contributed by atoms with Crippen molar-refractivity contribution in [1.29, 1.82) is 0 Å². The van der Waals surface area contributed by atoms with Crippen LogP contribution in [0.25, 0.3) is 11.1 Å². The summed E-state index contributed by atoms with van der Waals surface area (Å²) >= 11 is 0. The highest BCUT2D eigenvalue weighted by Gasteiger charge is 2.24. The quantitative estimate of drug-likeness (QED) is 0.604. The summed E-state index contributed by atoms with van der Waals surface area (Å²) in [6.07, 6.45) is 3.04. The number of unbranched alkanes of at least 4 members (excludes halogenated alkanes) is 1. The molecule has 3 rings (SSSR count). The van der Waals surface area contributed by atoms with Crippen molar-refractivity contribution in [2.75, 3.05) is 7.11 Å². The van der Waals surface area contributed by atoms with Gasteiger partial charge in [0.05, 0.1) is 12.7 Å². The van der Waals surface area contributed by atoms with Gasteiger partial charge in [-0.25, -0.2) is 0 Å². The second-order valence-corrected chi connectivity index (χ2v) is 7.05. The van der Waals surface area contributed by atoms with Crippen LogP contribution >= 0.6 is 0 Å². The van der Waals surface area contributed by atoms with Gasteiger partial charge in [-0.05, 0) is 43.0 Å². The normalized spacial score (nSPS) is 10.8. The molecule has 3 aromatic rings. The Balaban J connectivity index is 2.19. The van der Waals surface area contributed by atoms with Crippen LogP contribution in [0.5, 0.6) is 5.75 Å². The summed E-state index contributed by atoms with van der Waals surface area (Å²) in [7, 11) is 1.65. The number of nitrogens with zero attached hydrogens (tertiary/aromatic N) is 1. The molecule has 0 spiro atoms. The number of nitrogens with two attached hydrogens (primary N) is 1. The van der Waals surface area contributed by atoms with E-state index in [1.807, 2.05) is 49.4 Å². The molecular weight excluding hydrogens is 348 g/mol. The highest BCUT2D eigenvalue weighted by atomic mass is 16.5. The van der Waals surface area contributed by atoms with E-state index in [0.29, 0.717) is 5.56 Å². The second-order valence-electron chi connectivity index (χ2n) is 7.05. The Morgan fingerprint density at radius 3 is 2.32 bits per heavy atom. The smallest absolute Gasteiger partial charge is 0.251 e. The molecule has 0 saturated carbocycles. The first-order valence-corrected chi connectivity index (χ1v) is 9.76. The Kier molecular flexibility index (Phi) is 6.19. The van der Waals surface area contributed by atoms with E-state index in [0.717, 1.165) is 48.4 Å². The summed E-state index contributed by atoms with van der Waals surface area (Å²) in [6, 6.07) is 18.2. The average Bonchev–Trinajstić information content (AvgIpc) is 2.99. The zero-order chi connectivity index (χ0) is 20.1. The van der Waals surface area contributed by atoms with E-state index in [2.05, 4.69) is 23.6 Å². The van der Waals surface area contributed by atoms with E-state index in [1.165, 1.54) is 11.3 Å². The Bertz CT molecular complexity index is 941. The maximum Gasteiger partial charge on any atom is 0.251 e. The van der Waals surface area contributed by atoms with Crippen LogP contribution in [0.4, 0.5) is 0 Å². The van der Waals surface area contributed by atoms with Crippen LogP contribution in [0, 0.1) is 6.92 Å². The maximum atomic E-state index is 12.4. The summed E-state index contributed by atoms with van der Waals surface area (Å²) < 4.78 is 7.54. The van der Waals surface area contributed by atoms with E-state index in [4.69, 9.17) is 10.5 Å². The number of aromatic nitrogens is 1. The lowest BCUT2D eigenvalue weighted by molar-refractivity contribution is 0.1000. The Morgan fingerprint density at radius 1 is 1.07 bits per heavy atom. The van der Waals surface area contributed by atoms with Crippen LogP contribution in [-0.2, 0) is 13.0 Å². The van der Waals surface area contributed by atoms with Crippen molar-refractivity contribution in [3.8, 4) is 16.9 Å². The van der Waals surface area contributed by atoms with Crippen LogP contribution in [0.2, 0.25) is 0 Å². The summed E-state index contributed by atoms with van der Waals surface area (Å²) in [5.74, 6) is 0.410. The molecule has 2 aromatic carbocycles. The van der Waals surface area contributed by atoms with Gasteiger partial charge in [-0.1, -0.05) is 55.8 Å². The lowest BCUT2D eigenvalue weighted by Crippen LogP contribution is -2.13. The van der Waals surface area contributed by atoms with E-state index < -0.39 is 0 Å². The van der Waals surface area contributed by atoms with E-state index in [1.54, 1.807) is 7.11 Å². The minimum Gasteiger partial charge on any atom is -0.497 e. The summed E-state index contributed by atoms with van der Waals surface area (Å²) in [5, 5.41) is 0. The number of carbonyl (C=O) groups is 1. The first kappa shape index (κ1) is 19.7. The Hall–Kier alpha value is -3.01. The van der Waals surface area contributed by atoms with Gasteiger partial charge in [0, 0.05) is 23.5 Å². The molecule has 1 amide bonds. The molecular formula is C24H28N2O2. The third kappa shape index (κ3) is 3.96. The molecule has 0 unspecified atom stereocenters. The zero-order valence-corrected chi connectivity index (χ0v) is 16.9. The van der Waals surface area contributed by atoms with Crippen LogP contribution in [0.3, 0.4) is 0 Å². The predicted octanol–water partition coefficient (Wildman–Crippen LogP) is 4.96. The highest BCUT2D eigenvalue weighted by Crippen LogP contribution is 2.35. The summed E-state index contributed by atoms with van der Waals surface area (Å²) in [5.41, 5.74) is 11.7. The molecule has 0 radical (unpaired) electrons. The molecule has 0 aliphatic rings. The fourth-order valence-electron chi connectivity index (χ4n) is 3.75. The second kappa shape index (κ2) is 8.79. The van der Waals surface area contributed by atoms with Crippen LogP contribution in [-0.4, -0.2) is 17.6 Å². The maximum absolute atomic E-state index is 12.4. The Labute approximate surface area is 166 Å². The van der Waals surface area contributed by atoms with Gasteiger partial charge in [-0.15, -0.1) is 0 Å². The molecule has 0 aliphatic heterocycles. The summed E-state index contributed by atoms with van der Waals surface area (Å²) in [4.78, 5) is 12.4. The van der Waals surface area contributed by atoms with Gasteiger partial charge in [0.25, 0.3) is 5.91 Å². The monoisotopic (exact) mass is 376 g/mol. The minimum absolute atomic E-state index is 0.382. The molecule has 0 bridgehead atoms. The molecule has 0 fully saturated rings. The van der Waals surface area contributed by atoms with E-state index >= 15 is 0 Å². The van der Waals surface area contributed by atoms with Gasteiger partial charge >= 0.3 is 0 Å². The fraction of sp³-hybridized carbons (Fsp3) is 0.292. The van der Waals surface area contributed by atoms with Crippen molar-refractivity contribution in [2.45, 2.75) is 39.7 Å². The van der Waals surface area contributed by atoms with E-state index in [9.17, 15) is 4.79 Å². The van der Waals surface area contributed by atoms with Gasteiger partial charge < -0.3 is 15.0 Å². The highest BCUT2D eigenvalue weighted by molar-refractivity contribution is 6.02. The third-order valence-electron chi connectivity index (χ3n) is 5.21. The van der Waals surface area contributed by atoms with Crippen molar-refractivity contribution in [2.24, 2.45) is 5.73 Å². The average molecular weight is 377 g/mol. The van der Waals surface area contributed by atoms with Crippen LogP contribution < -0.4 is 10.5 Å². The van der Waals surface area contributed by atoms with Crippen molar-refractivity contribution >= 4 is 5.91 Å². The van der Waals surface area contributed by atoms with Crippen molar-refractivity contribution in [1.82, 2.24) is 4.57 Å². The molecule has 28 heavy (non-hydrogen) atoms. The number of ether oxygens (including phenoxy) is 1.